The van der Waals surface area contributed by atoms with Gasteiger partial charge < -0.3 is 10.2 Å². The van der Waals surface area contributed by atoms with Crippen LogP contribution >= 0.6 is 11.3 Å². The molecule has 21 heavy (non-hydrogen) atoms. The van der Waals surface area contributed by atoms with Crippen molar-refractivity contribution in [2.75, 3.05) is 11.9 Å². The van der Waals surface area contributed by atoms with Gasteiger partial charge in [0.05, 0.1) is 17.2 Å². The molecule has 0 aliphatic carbocycles. The van der Waals surface area contributed by atoms with Crippen molar-refractivity contribution in [3.8, 4) is 0 Å². The van der Waals surface area contributed by atoms with Crippen LogP contribution in [0.3, 0.4) is 0 Å². The van der Waals surface area contributed by atoms with Gasteiger partial charge in [-0.15, -0.1) is 11.3 Å². The van der Waals surface area contributed by atoms with E-state index in [2.05, 4.69) is 65.5 Å². The van der Waals surface area contributed by atoms with Crippen molar-refractivity contribution in [2.24, 2.45) is 0 Å². The third-order valence-electron chi connectivity index (χ3n) is 3.09. The van der Waals surface area contributed by atoms with Crippen LogP contribution in [0.5, 0.6) is 0 Å². The molecule has 0 amide bonds. The molecule has 2 rings (SSSR count). The SMILES string of the molecule is Cc1nc(CN(C)c2cc(CNC(C)(C)C)ccn2)cs1. The molecule has 0 atom stereocenters. The summed E-state index contributed by atoms with van der Waals surface area (Å²) in [7, 11) is 2.05. The Morgan fingerprint density at radius 2 is 2.10 bits per heavy atom. The molecular weight excluding hydrogens is 280 g/mol. The zero-order chi connectivity index (χ0) is 15.5. The molecule has 4 nitrogen and oxygen atoms in total. The van der Waals surface area contributed by atoms with E-state index in [0.717, 1.165) is 29.6 Å². The van der Waals surface area contributed by atoms with Gasteiger partial charge in [0, 0.05) is 30.7 Å². The summed E-state index contributed by atoms with van der Waals surface area (Å²) in [6, 6.07) is 4.20. The largest absolute Gasteiger partial charge is 0.354 e. The number of aromatic nitrogens is 2. The van der Waals surface area contributed by atoms with Gasteiger partial charge in [0.15, 0.2) is 0 Å². The fourth-order valence-corrected chi connectivity index (χ4v) is 2.56. The number of nitrogens with one attached hydrogen (secondary N) is 1. The molecule has 0 aliphatic heterocycles. The number of thiazole rings is 1. The van der Waals surface area contributed by atoms with Crippen LogP contribution in [0.15, 0.2) is 23.7 Å². The van der Waals surface area contributed by atoms with E-state index >= 15 is 0 Å². The maximum absolute atomic E-state index is 4.50. The standard InChI is InChI=1S/C16H24N4S/c1-12-19-14(11-21-12)10-20(5)15-8-13(6-7-17-15)9-18-16(2,3)4/h6-8,11,18H,9-10H2,1-5H3. The number of anilines is 1. The van der Waals surface area contributed by atoms with Crippen LogP contribution in [0.25, 0.3) is 0 Å². The number of pyridine rings is 1. The van der Waals surface area contributed by atoms with E-state index in [1.807, 2.05) is 13.1 Å². The van der Waals surface area contributed by atoms with Crippen molar-refractivity contribution in [3.63, 3.8) is 0 Å². The Kier molecular flexibility index (Phi) is 4.96. The predicted octanol–water partition coefficient (Wildman–Crippen LogP) is 3.37. The molecule has 0 aliphatic rings. The minimum Gasteiger partial charge on any atom is -0.354 e. The summed E-state index contributed by atoms with van der Waals surface area (Å²) in [4.78, 5) is 11.1. The summed E-state index contributed by atoms with van der Waals surface area (Å²) < 4.78 is 0. The van der Waals surface area contributed by atoms with E-state index in [1.54, 1.807) is 11.3 Å². The minimum absolute atomic E-state index is 0.119. The number of hydrogen-bond acceptors (Lipinski definition) is 5. The average molecular weight is 304 g/mol. The van der Waals surface area contributed by atoms with Crippen molar-refractivity contribution in [2.45, 2.75) is 46.3 Å². The fraction of sp³-hybridized carbons (Fsp3) is 0.500. The Morgan fingerprint density at radius 3 is 2.71 bits per heavy atom. The summed E-state index contributed by atoms with van der Waals surface area (Å²) in [5.74, 6) is 0.980. The summed E-state index contributed by atoms with van der Waals surface area (Å²) in [5, 5.41) is 6.71. The second-order valence-electron chi connectivity index (χ2n) is 6.34. The average Bonchev–Trinajstić information content (AvgIpc) is 2.81. The second kappa shape index (κ2) is 6.54. The molecule has 2 aromatic rings. The molecule has 114 valence electrons. The summed E-state index contributed by atoms with van der Waals surface area (Å²) in [6.07, 6.45) is 1.87. The zero-order valence-corrected chi connectivity index (χ0v) is 14.3. The van der Waals surface area contributed by atoms with Gasteiger partial charge >= 0.3 is 0 Å². The van der Waals surface area contributed by atoms with Crippen LogP contribution < -0.4 is 10.2 Å². The number of hydrogen-bond donors (Lipinski definition) is 1. The normalized spacial score (nSPS) is 11.7. The Balaban J connectivity index is 2.02. The second-order valence-corrected chi connectivity index (χ2v) is 7.40. The van der Waals surface area contributed by atoms with E-state index in [-0.39, 0.29) is 5.54 Å². The van der Waals surface area contributed by atoms with Crippen LogP contribution in [0.1, 0.15) is 37.0 Å². The first kappa shape index (κ1) is 15.9. The molecule has 0 unspecified atom stereocenters. The lowest BCUT2D eigenvalue weighted by Crippen LogP contribution is -2.35. The molecule has 0 saturated heterocycles. The molecular formula is C16H24N4S. The first-order valence-corrected chi connectivity index (χ1v) is 8.03. The van der Waals surface area contributed by atoms with Crippen LogP contribution in [-0.2, 0) is 13.1 Å². The van der Waals surface area contributed by atoms with Gasteiger partial charge in [-0.1, -0.05) is 0 Å². The van der Waals surface area contributed by atoms with Crippen molar-refractivity contribution in [1.29, 1.82) is 0 Å². The monoisotopic (exact) mass is 304 g/mol. The Morgan fingerprint density at radius 1 is 1.33 bits per heavy atom. The van der Waals surface area contributed by atoms with Gasteiger partial charge in [0.2, 0.25) is 0 Å². The van der Waals surface area contributed by atoms with Crippen LogP contribution in [0, 0.1) is 6.92 Å². The van der Waals surface area contributed by atoms with Gasteiger partial charge in [0.1, 0.15) is 5.82 Å². The Hall–Kier alpha value is -1.46. The third-order valence-corrected chi connectivity index (χ3v) is 3.91. The predicted molar refractivity (Wildman–Crippen MR) is 89.8 cm³/mol. The number of rotatable bonds is 5. The van der Waals surface area contributed by atoms with Crippen molar-refractivity contribution in [3.05, 3.63) is 40.0 Å². The van der Waals surface area contributed by atoms with E-state index in [4.69, 9.17) is 0 Å². The molecule has 2 heterocycles. The van der Waals surface area contributed by atoms with E-state index < -0.39 is 0 Å². The van der Waals surface area contributed by atoms with E-state index in [9.17, 15) is 0 Å². The summed E-state index contributed by atoms with van der Waals surface area (Å²) in [5.41, 5.74) is 2.46. The highest BCUT2D eigenvalue weighted by Gasteiger charge is 2.10. The van der Waals surface area contributed by atoms with Crippen molar-refractivity contribution >= 4 is 17.2 Å². The Labute approximate surface area is 131 Å². The number of aryl methyl sites for hydroxylation is 1. The van der Waals surface area contributed by atoms with Crippen LogP contribution in [0.2, 0.25) is 0 Å². The lowest BCUT2D eigenvalue weighted by atomic mass is 10.1. The van der Waals surface area contributed by atoms with Crippen LogP contribution in [-0.4, -0.2) is 22.6 Å². The van der Waals surface area contributed by atoms with Crippen LogP contribution in [0.4, 0.5) is 5.82 Å². The van der Waals surface area contributed by atoms with Gasteiger partial charge in [0.25, 0.3) is 0 Å². The maximum atomic E-state index is 4.50. The molecule has 0 saturated carbocycles. The minimum atomic E-state index is 0.119. The third kappa shape index (κ3) is 5.10. The summed E-state index contributed by atoms with van der Waals surface area (Å²) in [6.45, 7) is 10.2. The highest BCUT2D eigenvalue weighted by molar-refractivity contribution is 7.09. The van der Waals surface area contributed by atoms with E-state index in [1.165, 1.54) is 5.56 Å². The first-order valence-electron chi connectivity index (χ1n) is 7.15. The topological polar surface area (TPSA) is 41.1 Å². The molecule has 0 fully saturated rings. The lowest BCUT2D eigenvalue weighted by molar-refractivity contribution is 0.424. The Bertz CT molecular complexity index is 586. The molecule has 0 bridgehead atoms. The quantitative estimate of drug-likeness (QED) is 0.919. The molecule has 0 spiro atoms. The highest BCUT2D eigenvalue weighted by Crippen LogP contribution is 2.16. The molecule has 0 radical (unpaired) electrons. The maximum Gasteiger partial charge on any atom is 0.128 e. The summed E-state index contributed by atoms with van der Waals surface area (Å²) >= 11 is 1.69. The first-order chi connectivity index (χ1) is 9.83. The highest BCUT2D eigenvalue weighted by atomic mass is 32.1. The lowest BCUT2D eigenvalue weighted by Gasteiger charge is -2.21. The number of nitrogens with zero attached hydrogens (tertiary/aromatic N) is 3. The van der Waals surface area contributed by atoms with Gasteiger partial charge in [-0.2, -0.15) is 0 Å². The molecule has 0 aromatic carbocycles. The van der Waals surface area contributed by atoms with E-state index in [0.29, 0.717) is 0 Å². The zero-order valence-electron chi connectivity index (χ0n) is 13.5. The molecule has 1 N–H and O–H groups in total. The van der Waals surface area contributed by atoms with Crippen molar-refractivity contribution in [1.82, 2.24) is 15.3 Å². The van der Waals surface area contributed by atoms with Gasteiger partial charge in [-0.25, -0.2) is 9.97 Å². The van der Waals surface area contributed by atoms with Crippen molar-refractivity contribution < 1.29 is 0 Å². The molecule has 2 aromatic heterocycles. The smallest absolute Gasteiger partial charge is 0.128 e. The van der Waals surface area contributed by atoms with Gasteiger partial charge in [-0.3, -0.25) is 0 Å². The van der Waals surface area contributed by atoms with Gasteiger partial charge in [-0.05, 0) is 45.4 Å². The fourth-order valence-electron chi connectivity index (χ4n) is 1.95. The molecule has 5 heteroatoms.